The summed E-state index contributed by atoms with van der Waals surface area (Å²) in [4.78, 5) is 11.6. The van der Waals surface area contributed by atoms with Gasteiger partial charge in [-0.05, 0) is 76.6 Å². The molecule has 0 heterocycles. The van der Waals surface area contributed by atoms with Gasteiger partial charge >= 0.3 is 5.97 Å². The van der Waals surface area contributed by atoms with Gasteiger partial charge in [-0.1, -0.05) is 78.7 Å². The lowest BCUT2D eigenvalue weighted by molar-refractivity contribution is -0.137. The zero-order valence-electron chi connectivity index (χ0n) is 19.1. The Morgan fingerprint density at radius 3 is 2.41 bits per heavy atom. The largest absolute Gasteiger partial charge is 0.463 e. The van der Waals surface area contributed by atoms with Gasteiger partial charge in [0.2, 0.25) is 0 Å². The summed E-state index contributed by atoms with van der Waals surface area (Å²) >= 11 is 12.8. The van der Waals surface area contributed by atoms with Crippen LogP contribution in [0.15, 0.2) is 77.9 Å². The summed E-state index contributed by atoms with van der Waals surface area (Å²) in [5.74, 6) is -0.366. The molecule has 0 aromatic heterocycles. The maximum atomic E-state index is 11.6. The summed E-state index contributed by atoms with van der Waals surface area (Å²) in [6, 6.07) is 21.6. The smallest absolute Gasteiger partial charge is 0.330 e. The molecule has 0 radical (unpaired) electrons. The van der Waals surface area contributed by atoms with Crippen molar-refractivity contribution in [3.8, 4) is 0 Å². The third-order valence-corrected chi connectivity index (χ3v) is 5.83. The van der Waals surface area contributed by atoms with Crippen LogP contribution in [0.5, 0.6) is 0 Å². The minimum Gasteiger partial charge on any atom is -0.463 e. The van der Waals surface area contributed by atoms with E-state index in [-0.39, 0.29) is 5.97 Å². The number of nitrogens with zero attached hydrogens (tertiary/aromatic N) is 1. The molecule has 0 fully saturated rings. The maximum absolute atomic E-state index is 11.6. The van der Waals surface area contributed by atoms with Crippen LogP contribution in [0.1, 0.15) is 48.1 Å². The Kier molecular flexibility index (Phi) is 9.20. The van der Waals surface area contributed by atoms with Crippen LogP contribution in [0, 0.1) is 5.53 Å². The number of nitrogens with one attached hydrogen (secondary N) is 1. The number of hydrogen-bond donors (Lipinski definition) is 1. The van der Waals surface area contributed by atoms with Gasteiger partial charge in [0, 0.05) is 16.1 Å². The van der Waals surface area contributed by atoms with Crippen molar-refractivity contribution >= 4 is 46.4 Å². The first-order valence-corrected chi connectivity index (χ1v) is 11.8. The summed E-state index contributed by atoms with van der Waals surface area (Å²) < 4.78 is 4.95. The van der Waals surface area contributed by atoms with Crippen molar-refractivity contribution in [2.24, 2.45) is 5.11 Å². The van der Waals surface area contributed by atoms with E-state index in [4.69, 9.17) is 33.5 Å². The van der Waals surface area contributed by atoms with E-state index in [1.807, 2.05) is 48.5 Å². The molecule has 3 rings (SSSR count). The fourth-order valence-corrected chi connectivity index (χ4v) is 4.31. The predicted octanol–water partition coefficient (Wildman–Crippen LogP) is 8.47. The Hall–Kier alpha value is -3.21. The fourth-order valence-electron chi connectivity index (χ4n) is 3.78. The minimum absolute atomic E-state index is 0.321. The topological polar surface area (TPSA) is 62.5 Å². The molecule has 3 aromatic rings. The molecule has 0 amide bonds. The third-order valence-electron chi connectivity index (χ3n) is 5.29. The molecule has 0 aliphatic carbocycles. The molecule has 0 unspecified atom stereocenters. The van der Waals surface area contributed by atoms with Crippen LogP contribution in [0.4, 0.5) is 0 Å². The first kappa shape index (κ1) is 25.4. The van der Waals surface area contributed by atoms with Crippen molar-refractivity contribution in [2.75, 3.05) is 6.61 Å². The summed E-state index contributed by atoms with van der Waals surface area (Å²) in [6.07, 6.45) is 3.90. The van der Waals surface area contributed by atoms with Crippen molar-refractivity contribution in [2.45, 2.75) is 26.8 Å². The predicted molar refractivity (Wildman–Crippen MR) is 140 cm³/mol. The van der Waals surface area contributed by atoms with Gasteiger partial charge in [0.15, 0.2) is 0 Å². The number of ether oxygens (including phenoxy) is 1. The van der Waals surface area contributed by atoms with Gasteiger partial charge in [-0.3, -0.25) is 0 Å². The van der Waals surface area contributed by atoms with Crippen molar-refractivity contribution in [3.63, 3.8) is 0 Å². The average molecular weight is 493 g/mol. The molecule has 0 atom stereocenters. The molecule has 174 valence electrons. The normalized spacial score (nSPS) is 11.9. The van der Waals surface area contributed by atoms with E-state index in [1.165, 1.54) is 6.08 Å². The van der Waals surface area contributed by atoms with Crippen molar-refractivity contribution in [3.05, 3.63) is 111 Å². The van der Waals surface area contributed by atoms with Gasteiger partial charge in [-0.25, -0.2) is 10.3 Å². The van der Waals surface area contributed by atoms with Gasteiger partial charge in [0.05, 0.1) is 13.2 Å². The number of benzene rings is 3. The quantitative estimate of drug-likeness (QED) is 0.141. The molecular weight excluding hydrogens is 467 g/mol. The summed E-state index contributed by atoms with van der Waals surface area (Å²) in [6.45, 7) is 4.54. The number of carbonyl (C=O) groups is 1. The molecule has 0 aliphatic heterocycles. The molecule has 4 nitrogen and oxygen atoms in total. The molecule has 0 bridgehead atoms. The molecule has 6 heteroatoms. The zero-order valence-corrected chi connectivity index (χ0v) is 20.7. The lowest BCUT2D eigenvalue weighted by atomic mass is 9.87. The monoisotopic (exact) mass is 492 g/mol. The van der Waals surface area contributed by atoms with E-state index in [0.29, 0.717) is 23.2 Å². The maximum Gasteiger partial charge on any atom is 0.330 e. The average Bonchev–Trinajstić information content (AvgIpc) is 2.83. The van der Waals surface area contributed by atoms with Gasteiger partial charge in [-0.2, -0.15) is 5.11 Å². The number of hydrogen-bond acceptors (Lipinski definition) is 4. The van der Waals surface area contributed by atoms with Gasteiger partial charge in [0.1, 0.15) is 0 Å². The van der Waals surface area contributed by atoms with E-state index >= 15 is 0 Å². The highest BCUT2D eigenvalue weighted by atomic mass is 35.5. The number of esters is 1. The first-order valence-electron chi connectivity index (χ1n) is 11.0. The Balaban J connectivity index is 2.16. The highest BCUT2D eigenvalue weighted by molar-refractivity contribution is 6.36. The van der Waals surface area contributed by atoms with Gasteiger partial charge < -0.3 is 4.74 Å². The van der Waals surface area contributed by atoms with Crippen LogP contribution >= 0.6 is 23.2 Å². The molecule has 1 N–H and O–H groups in total. The summed E-state index contributed by atoms with van der Waals surface area (Å²) in [7, 11) is 0. The van der Waals surface area contributed by atoms with E-state index in [1.54, 1.807) is 19.1 Å². The second-order valence-corrected chi connectivity index (χ2v) is 8.40. The highest BCUT2D eigenvalue weighted by Crippen LogP contribution is 2.38. The Morgan fingerprint density at radius 2 is 1.76 bits per heavy atom. The molecule has 0 saturated carbocycles. The van der Waals surface area contributed by atoms with E-state index in [9.17, 15) is 4.79 Å². The van der Waals surface area contributed by atoms with Crippen LogP contribution in [0.3, 0.4) is 0 Å². The van der Waals surface area contributed by atoms with Gasteiger partial charge in [-0.15, -0.1) is 0 Å². The van der Waals surface area contributed by atoms with Crippen LogP contribution in [-0.4, -0.2) is 12.6 Å². The highest BCUT2D eigenvalue weighted by Gasteiger charge is 2.16. The standard InChI is InChI=1S/C28H26Cl2N2O2/c1-3-24(25-14-13-23(29)17-26(25)30)28(22-7-5-6-20(16-22)18-32-31)21-11-8-19(9-12-21)10-15-27(33)34-4-2/h5-17,31H,3-4,18H2,1-2H3/b15-10+,28-24+,32-31?. The minimum atomic E-state index is -0.366. The van der Waals surface area contributed by atoms with E-state index in [0.717, 1.165) is 45.4 Å². The second kappa shape index (κ2) is 12.3. The molecule has 0 saturated heterocycles. The Labute approximate surface area is 210 Å². The number of carbonyl (C=O) groups excluding carboxylic acids is 1. The van der Waals surface area contributed by atoms with E-state index in [2.05, 4.69) is 24.2 Å². The third kappa shape index (κ3) is 6.43. The number of rotatable bonds is 9. The molecule has 34 heavy (non-hydrogen) atoms. The van der Waals surface area contributed by atoms with Crippen LogP contribution in [0.2, 0.25) is 10.0 Å². The Bertz CT molecular complexity index is 1230. The van der Waals surface area contributed by atoms with E-state index < -0.39 is 0 Å². The molecular formula is C28H26Cl2N2O2. The van der Waals surface area contributed by atoms with Crippen LogP contribution in [-0.2, 0) is 16.1 Å². The van der Waals surface area contributed by atoms with Crippen molar-refractivity contribution in [1.82, 2.24) is 0 Å². The lowest BCUT2D eigenvalue weighted by Gasteiger charge is -2.18. The fraction of sp³-hybridized carbons (Fsp3) is 0.179. The first-order chi connectivity index (χ1) is 16.5. The van der Waals surface area contributed by atoms with Crippen LogP contribution < -0.4 is 0 Å². The molecule has 3 aromatic carbocycles. The molecule has 0 spiro atoms. The Morgan fingerprint density at radius 1 is 1.00 bits per heavy atom. The molecule has 0 aliphatic rings. The summed E-state index contributed by atoms with van der Waals surface area (Å²) in [5, 5.41) is 4.71. The SMILES string of the molecule is CCOC(=O)/C=C/c1ccc(/C(=C(/CC)c2ccc(Cl)cc2Cl)c2cccc(CN=N)c2)cc1. The zero-order chi connectivity index (χ0) is 24.5. The number of allylic oxidation sites excluding steroid dienone is 1. The second-order valence-electron chi connectivity index (χ2n) is 7.56. The van der Waals surface area contributed by atoms with Crippen molar-refractivity contribution in [1.29, 1.82) is 5.53 Å². The number of halogens is 2. The van der Waals surface area contributed by atoms with Crippen LogP contribution in [0.25, 0.3) is 17.2 Å². The van der Waals surface area contributed by atoms with Crippen molar-refractivity contribution < 1.29 is 9.53 Å². The van der Waals surface area contributed by atoms with Gasteiger partial charge in [0.25, 0.3) is 0 Å². The summed E-state index contributed by atoms with van der Waals surface area (Å²) in [5.41, 5.74) is 14.2. The lowest BCUT2D eigenvalue weighted by Crippen LogP contribution is -1.98.